The molecule has 5 nitrogen and oxygen atoms in total. The molecule has 1 N–H and O–H groups in total. The van der Waals surface area contributed by atoms with E-state index < -0.39 is 21.9 Å². The number of aliphatic hydroxyl groups is 1. The molecule has 126 valence electrons. The minimum atomic E-state index is -3.44. The molecule has 0 saturated carbocycles. The van der Waals surface area contributed by atoms with Gasteiger partial charge in [0, 0.05) is 11.5 Å². The largest absolute Gasteiger partial charge is 0.388 e. The van der Waals surface area contributed by atoms with Gasteiger partial charge in [0.15, 0.2) is 9.84 Å². The second kappa shape index (κ2) is 5.03. The van der Waals surface area contributed by atoms with Crippen molar-refractivity contribution in [3.05, 3.63) is 72.2 Å². The molecule has 0 bridgehead atoms. The Kier molecular flexibility index (Phi) is 2.99. The number of hydrogen-bond acceptors (Lipinski definition) is 4. The average molecular weight is 352 g/mol. The fourth-order valence-electron chi connectivity index (χ4n) is 4.25. The zero-order chi connectivity index (χ0) is 17.2. The molecular formula is C19H16N2O3S. The molecule has 0 saturated heterocycles. The Balaban J connectivity index is 1.71. The number of imidazole rings is 1. The van der Waals surface area contributed by atoms with Crippen LogP contribution >= 0.6 is 0 Å². The summed E-state index contributed by atoms with van der Waals surface area (Å²) in [6.07, 6.45) is 2.67. The molecule has 3 atom stereocenters. The van der Waals surface area contributed by atoms with Gasteiger partial charge in [-0.2, -0.15) is 0 Å². The first kappa shape index (κ1) is 14.9. The van der Waals surface area contributed by atoms with E-state index >= 15 is 0 Å². The standard InChI is InChI=1S/C19H16N2O3S/c22-19-14-7-3-4-8-17(14)25(23,24)10-15(19)18-13-6-2-1-5-12(13)16-9-20-11-21(16)18/h1-9,11,15,18-19,22H,10H2/t15-,18?,19-/m0/s1. The van der Waals surface area contributed by atoms with Crippen LogP contribution < -0.4 is 0 Å². The van der Waals surface area contributed by atoms with Gasteiger partial charge in [0.05, 0.1) is 41.0 Å². The molecule has 0 aliphatic carbocycles. The fourth-order valence-corrected chi connectivity index (χ4v) is 6.13. The Labute approximate surface area is 145 Å². The van der Waals surface area contributed by atoms with E-state index in [1.807, 2.05) is 28.8 Å². The summed E-state index contributed by atoms with van der Waals surface area (Å²) in [5, 5.41) is 11.0. The first-order valence-corrected chi connectivity index (χ1v) is 9.84. The predicted octanol–water partition coefficient (Wildman–Crippen LogP) is 2.59. The third-order valence-corrected chi connectivity index (χ3v) is 7.18. The zero-order valence-corrected chi connectivity index (χ0v) is 14.1. The Hall–Kier alpha value is -2.44. The number of aromatic nitrogens is 2. The molecule has 6 heteroatoms. The van der Waals surface area contributed by atoms with Crippen LogP contribution in [0.5, 0.6) is 0 Å². The van der Waals surface area contributed by atoms with E-state index in [1.165, 1.54) is 0 Å². The highest BCUT2D eigenvalue weighted by atomic mass is 32.2. The van der Waals surface area contributed by atoms with Gasteiger partial charge in [0.2, 0.25) is 0 Å². The first-order valence-electron chi connectivity index (χ1n) is 8.19. The number of sulfone groups is 1. The number of rotatable bonds is 1. The lowest BCUT2D eigenvalue weighted by molar-refractivity contribution is 0.0923. The summed E-state index contributed by atoms with van der Waals surface area (Å²) >= 11 is 0. The highest BCUT2D eigenvalue weighted by Crippen LogP contribution is 2.49. The van der Waals surface area contributed by atoms with E-state index in [2.05, 4.69) is 4.98 Å². The average Bonchev–Trinajstić information content (AvgIpc) is 3.19. The second-order valence-corrected chi connectivity index (χ2v) is 8.65. The van der Waals surface area contributed by atoms with Crippen molar-refractivity contribution in [1.82, 2.24) is 9.55 Å². The summed E-state index contributed by atoms with van der Waals surface area (Å²) in [5.41, 5.74) is 3.54. The van der Waals surface area contributed by atoms with Gasteiger partial charge in [-0.15, -0.1) is 0 Å². The Morgan fingerprint density at radius 2 is 1.76 bits per heavy atom. The van der Waals surface area contributed by atoms with Crippen LogP contribution in [0.3, 0.4) is 0 Å². The van der Waals surface area contributed by atoms with E-state index in [0.29, 0.717) is 5.56 Å². The van der Waals surface area contributed by atoms with E-state index in [9.17, 15) is 13.5 Å². The third-order valence-electron chi connectivity index (χ3n) is 5.32. The van der Waals surface area contributed by atoms with Crippen molar-refractivity contribution in [3.63, 3.8) is 0 Å². The van der Waals surface area contributed by atoms with E-state index in [0.717, 1.165) is 16.8 Å². The van der Waals surface area contributed by atoms with Crippen molar-refractivity contribution in [1.29, 1.82) is 0 Å². The van der Waals surface area contributed by atoms with E-state index in [4.69, 9.17) is 0 Å². The van der Waals surface area contributed by atoms with Crippen LogP contribution in [0.4, 0.5) is 0 Å². The summed E-state index contributed by atoms with van der Waals surface area (Å²) in [6, 6.07) is 14.4. The maximum atomic E-state index is 12.8. The molecule has 0 radical (unpaired) electrons. The molecule has 0 fully saturated rings. The molecule has 3 aromatic rings. The van der Waals surface area contributed by atoms with Gasteiger partial charge < -0.3 is 9.67 Å². The monoisotopic (exact) mass is 352 g/mol. The van der Waals surface area contributed by atoms with Gasteiger partial charge in [0.25, 0.3) is 0 Å². The molecule has 0 spiro atoms. The molecule has 5 rings (SSSR count). The van der Waals surface area contributed by atoms with Crippen LogP contribution in [-0.2, 0) is 9.84 Å². The van der Waals surface area contributed by atoms with Crippen LogP contribution in [0.15, 0.2) is 66.0 Å². The smallest absolute Gasteiger partial charge is 0.179 e. The molecule has 25 heavy (non-hydrogen) atoms. The second-order valence-electron chi connectivity index (χ2n) is 6.65. The zero-order valence-electron chi connectivity index (χ0n) is 13.3. The summed E-state index contributed by atoms with van der Waals surface area (Å²) in [6.45, 7) is 0. The van der Waals surface area contributed by atoms with E-state index in [1.54, 1.807) is 36.8 Å². The lowest BCUT2D eigenvalue weighted by atomic mass is 9.86. The van der Waals surface area contributed by atoms with Gasteiger partial charge in [-0.3, -0.25) is 0 Å². The number of hydrogen-bond donors (Lipinski definition) is 1. The molecule has 3 heterocycles. The van der Waals surface area contributed by atoms with E-state index in [-0.39, 0.29) is 16.7 Å². The SMILES string of the molecule is O=S1(=O)C[C@@H](C2c3ccccc3-c3cncn32)[C@@H](O)c2ccccc21. The van der Waals surface area contributed by atoms with Crippen molar-refractivity contribution in [2.45, 2.75) is 17.0 Å². The van der Waals surface area contributed by atoms with Crippen molar-refractivity contribution in [2.24, 2.45) is 5.92 Å². The van der Waals surface area contributed by atoms with Gasteiger partial charge in [-0.05, 0) is 17.2 Å². The van der Waals surface area contributed by atoms with Crippen LogP contribution in [0.1, 0.15) is 23.3 Å². The minimum absolute atomic E-state index is 0.0815. The van der Waals surface area contributed by atoms with Gasteiger partial charge in [-0.1, -0.05) is 42.5 Å². The molecule has 0 amide bonds. The van der Waals surface area contributed by atoms with Gasteiger partial charge >= 0.3 is 0 Å². The highest BCUT2D eigenvalue weighted by Gasteiger charge is 2.45. The van der Waals surface area contributed by atoms with Crippen molar-refractivity contribution in [3.8, 4) is 11.3 Å². The molecule has 2 aromatic carbocycles. The van der Waals surface area contributed by atoms with Crippen LogP contribution in [0.25, 0.3) is 11.3 Å². The van der Waals surface area contributed by atoms with Crippen LogP contribution in [0, 0.1) is 5.92 Å². The van der Waals surface area contributed by atoms with Crippen LogP contribution in [-0.4, -0.2) is 28.8 Å². The van der Waals surface area contributed by atoms with Crippen LogP contribution in [0.2, 0.25) is 0 Å². The Morgan fingerprint density at radius 3 is 2.60 bits per heavy atom. The minimum Gasteiger partial charge on any atom is -0.388 e. The lowest BCUT2D eigenvalue weighted by Crippen LogP contribution is -2.35. The number of nitrogens with zero attached hydrogens (tertiary/aromatic N) is 2. The predicted molar refractivity (Wildman–Crippen MR) is 92.7 cm³/mol. The van der Waals surface area contributed by atoms with Crippen molar-refractivity contribution < 1.29 is 13.5 Å². The normalized spacial score (nSPS) is 25.9. The summed E-state index contributed by atoms with van der Waals surface area (Å²) in [5.74, 6) is -0.543. The molecule has 1 aromatic heterocycles. The maximum Gasteiger partial charge on any atom is 0.179 e. The fraction of sp³-hybridized carbons (Fsp3) is 0.211. The topological polar surface area (TPSA) is 72.2 Å². The van der Waals surface area contributed by atoms with Crippen molar-refractivity contribution in [2.75, 3.05) is 5.75 Å². The lowest BCUT2D eigenvalue weighted by Gasteiger charge is -2.34. The quantitative estimate of drug-likeness (QED) is 0.731. The number of benzene rings is 2. The third kappa shape index (κ3) is 1.98. The molecule has 2 aliphatic rings. The van der Waals surface area contributed by atoms with Crippen molar-refractivity contribution >= 4 is 9.84 Å². The maximum absolute atomic E-state index is 12.8. The summed E-state index contributed by atoms with van der Waals surface area (Å²) in [4.78, 5) is 4.47. The summed E-state index contributed by atoms with van der Waals surface area (Å²) in [7, 11) is -3.44. The number of fused-ring (bicyclic) bond motifs is 4. The summed E-state index contributed by atoms with van der Waals surface area (Å²) < 4.78 is 27.6. The Morgan fingerprint density at radius 1 is 1.04 bits per heavy atom. The molecule has 2 aliphatic heterocycles. The molecular weight excluding hydrogens is 336 g/mol. The first-order chi connectivity index (χ1) is 12.1. The highest BCUT2D eigenvalue weighted by molar-refractivity contribution is 7.91. The molecule has 1 unspecified atom stereocenters. The van der Waals surface area contributed by atoms with Gasteiger partial charge in [0.1, 0.15) is 0 Å². The Bertz CT molecular complexity index is 1090. The number of aliphatic hydroxyl groups excluding tert-OH is 1. The van der Waals surface area contributed by atoms with Gasteiger partial charge in [-0.25, -0.2) is 13.4 Å².